The Morgan fingerprint density at radius 1 is 0.865 bits per heavy atom. The van der Waals surface area contributed by atoms with Crippen molar-refractivity contribution in [2.75, 3.05) is 6.54 Å². The lowest BCUT2D eigenvalue weighted by molar-refractivity contribution is -0.122. The van der Waals surface area contributed by atoms with E-state index in [9.17, 15) is 4.79 Å². The third-order valence-electron chi connectivity index (χ3n) is 7.65. The van der Waals surface area contributed by atoms with Crippen molar-refractivity contribution in [2.24, 2.45) is 11.7 Å². The molecule has 3 aromatic carbocycles. The van der Waals surface area contributed by atoms with Gasteiger partial charge in [-0.3, -0.25) is 4.79 Å². The van der Waals surface area contributed by atoms with Gasteiger partial charge in [-0.1, -0.05) is 110 Å². The lowest BCUT2D eigenvalue weighted by Gasteiger charge is -2.37. The van der Waals surface area contributed by atoms with Gasteiger partial charge in [-0.15, -0.1) is 0 Å². The summed E-state index contributed by atoms with van der Waals surface area (Å²) in [5.41, 5.74) is 9.92. The van der Waals surface area contributed by atoms with Gasteiger partial charge in [0.1, 0.15) is 5.54 Å². The molecule has 0 bridgehead atoms. The minimum atomic E-state index is -0.633. The molecule has 1 aliphatic carbocycles. The van der Waals surface area contributed by atoms with E-state index >= 15 is 0 Å². The number of carbonyl (C=O) groups excluding carboxylic acids is 1. The number of imidazole rings is 1. The quantitative estimate of drug-likeness (QED) is 0.312. The Morgan fingerprint density at radius 2 is 1.38 bits per heavy atom. The lowest BCUT2D eigenvalue weighted by Crippen LogP contribution is -2.44. The van der Waals surface area contributed by atoms with Crippen LogP contribution < -0.4 is 11.1 Å². The highest BCUT2D eigenvalue weighted by atomic mass is 16.2. The molecular formula is C32H36N4O. The Labute approximate surface area is 219 Å². The molecule has 0 unspecified atom stereocenters. The van der Waals surface area contributed by atoms with Crippen LogP contribution in [0, 0.1) is 5.92 Å². The van der Waals surface area contributed by atoms with Gasteiger partial charge in [0, 0.05) is 19.2 Å². The van der Waals surface area contributed by atoms with E-state index in [1.807, 2.05) is 30.7 Å². The molecule has 37 heavy (non-hydrogen) atoms. The van der Waals surface area contributed by atoms with Crippen molar-refractivity contribution in [1.29, 1.82) is 0 Å². The first-order valence-corrected chi connectivity index (χ1v) is 13.4. The summed E-state index contributed by atoms with van der Waals surface area (Å²) in [7, 11) is 0. The van der Waals surface area contributed by atoms with E-state index in [0.717, 1.165) is 28.9 Å². The molecule has 5 heteroatoms. The number of nitrogens with one attached hydrogen (secondary N) is 1. The van der Waals surface area contributed by atoms with Gasteiger partial charge < -0.3 is 15.6 Å². The second-order valence-corrected chi connectivity index (χ2v) is 10.1. The predicted octanol–water partition coefficient (Wildman–Crippen LogP) is 5.29. The maximum absolute atomic E-state index is 12.8. The smallest absolute Gasteiger partial charge is 0.237 e. The van der Waals surface area contributed by atoms with Crippen LogP contribution in [-0.2, 0) is 16.8 Å². The maximum atomic E-state index is 12.8. The van der Waals surface area contributed by atoms with Gasteiger partial charge in [-0.25, -0.2) is 4.98 Å². The molecule has 1 fully saturated rings. The largest absolute Gasteiger partial charge is 0.354 e. The second kappa shape index (κ2) is 11.6. The van der Waals surface area contributed by atoms with Gasteiger partial charge in [0.25, 0.3) is 0 Å². The number of aromatic nitrogens is 2. The summed E-state index contributed by atoms with van der Waals surface area (Å²) in [6.45, 7) is 0.722. The van der Waals surface area contributed by atoms with Crippen LogP contribution in [0.5, 0.6) is 0 Å². The number of rotatable bonds is 9. The molecule has 190 valence electrons. The summed E-state index contributed by atoms with van der Waals surface area (Å²) in [5, 5.41) is 3.09. The number of nitrogens with two attached hydrogens (primary N) is 1. The number of benzene rings is 3. The minimum absolute atomic E-state index is 0.0967. The van der Waals surface area contributed by atoms with E-state index in [2.05, 4.69) is 82.7 Å². The fourth-order valence-electron chi connectivity index (χ4n) is 5.72. The highest BCUT2D eigenvalue weighted by molar-refractivity contribution is 5.81. The molecule has 5 nitrogen and oxygen atoms in total. The van der Waals surface area contributed by atoms with E-state index in [4.69, 9.17) is 10.7 Å². The van der Waals surface area contributed by atoms with Crippen molar-refractivity contribution in [3.63, 3.8) is 0 Å². The van der Waals surface area contributed by atoms with Crippen LogP contribution in [-0.4, -0.2) is 28.0 Å². The number of amides is 1. The van der Waals surface area contributed by atoms with E-state index in [-0.39, 0.29) is 5.91 Å². The normalized spacial score (nSPS) is 15.3. The van der Waals surface area contributed by atoms with Gasteiger partial charge in [-0.2, -0.15) is 0 Å². The third-order valence-corrected chi connectivity index (χ3v) is 7.65. The lowest BCUT2D eigenvalue weighted by atomic mass is 9.77. The van der Waals surface area contributed by atoms with E-state index in [1.54, 1.807) is 0 Å². The molecule has 3 N–H and O–H groups in total. The summed E-state index contributed by atoms with van der Waals surface area (Å²) in [4.78, 5) is 17.5. The average Bonchev–Trinajstić information content (AvgIpc) is 3.43. The fourth-order valence-corrected chi connectivity index (χ4v) is 5.72. The van der Waals surface area contributed by atoms with Crippen LogP contribution in [0.4, 0.5) is 0 Å². The fraction of sp³-hybridized carbons (Fsp3) is 0.312. The van der Waals surface area contributed by atoms with Crippen molar-refractivity contribution < 1.29 is 4.79 Å². The molecule has 1 aromatic heterocycles. The van der Waals surface area contributed by atoms with Gasteiger partial charge in [0.05, 0.1) is 18.1 Å². The molecular weight excluding hydrogens is 456 g/mol. The van der Waals surface area contributed by atoms with Gasteiger partial charge in [0.2, 0.25) is 5.91 Å². The number of hydrogen-bond acceptors (Lipinski definition) is 3. The van der Waals surface area contributed by atoms with Gasteiger partial charge in [0.15, 0.2) is 0 Å². The van der Waals surface area contributed by atoms with Crippen molar-refractivity contribution in [2.45, 2.75) is 50.1 Å². The zero-order valence-electron chi connectivity index (χ0n) is 21.3. The molecule has 0 aliphatic heterocycles. The minimum Gasteiger partial charge on any atom is -0.354 e. The number of nitrogens with zero attached hydrogens (tertiary/aromatic N) is 2. The molecule has 0 spiro atoms. The molecule has 1 saturated carbocycles. The summed E-state index contributed by atoms with van der Waals surface area (Å²) in [6, 6.07) is 30.8. The number of carbonyl (C=O) groups is 1. The zero-order chi connectivity index (χ0) is 25.5. The van der Waals surface area contributed by atoms with Crippen LogP contribution >= 0.6 is 0 Å². The van der Waals surface area contributed by atoms with Gasteiger partial charge in [-0.05, 0) is 35.4 Å². The zero-order valence-corrected chi connectivity index (χ0v) is 21.3. The van der Waals surface area contributed by atoms with Crippen LogP contribution in [0.3, 0.4) is 0 Å². The monoisotopic (exact) mass is 492 g/mol. The third kappa shape index (κ3) is 5.37. The first-order chi connectivity index (χ1) is 18.2. The van der Waals surface area contributed by atoms with Crippen LogP contribution in [0.1, 0.15) is 54.5 Å². The van der Waals surface area contributed by atoms with Crippen molar-refractivity contribution >= 4 is 5.91 Å². The van der Waals surface area contributed by atoms with Crippen LogP contribution in [0.15, 0.2) is 104 Å². The summed E-state index contributed by atoms with van der Waals surface area (Å²) < 4.78 is 2.16. The Kier molecular flexibility index (Phi) is 7.81. The topological polar surface area (TPSA) is 72.9 Å². The number of hydrogen-bond donors (Lipinski definition) is 2. The first-order valence-electron chi connectivity index (χ1n) is 13.4. The molecule has 1 amide bonds. The Bertz CT molecular complexity index is 1170. The van der Waals surface area contributed by atoms with Gasteiger partial charge >= 0.3 is 0 Å². The second-order valence-electron chi connectivity index (χ2n) is 10.1. The van der Waals surface area contributed by atoms with E-state index < -0.39 is 11.6 Å². The van der Waals surface area contributed by atoms with Crippen LogP contribution in [0.2, 0.25) is 0 Å². The molecule has 1 aliphatic rings. The van der Waals surface area contributed by atoms with E-state index in [1.165, 1.54) is 32.1 Å². The highest BCUT2D eigenvalue weighted by Gasteiger charge is 2.38. The van der Waals surface area contributed by atoms with Crippen LogP contribution in [0.25, 0.3) is 0 Å². The van der Waals surface area contributed by atoms with E-state index in [0.29, 0.717) is 12.3 Å². The molecule has 1 atom stereocenters. The Balaban J connectivity index is 1.45. The summed E-state index contributed by atoms with van der Waals surface area (Å²) in [6.07, 6.45) is 10.5. The Morgan fingerprint density at radius 3 is 1.89 bits per heavy atom. The molecule has 5 rings (SSSR count). The van der Waals surface area contributed by atoms with Crippen molar-refractivity contribution in [1.82, 2.24) is 14.9 Å². The molecule has 0 radical (unpaired) electrons. The molecule has 1 heterocycles. The Hall–Kier alpha value is -3.70. The summed E-state index contributed by atoms with van der Waals surface area (Å²) in [5.74, 6) is 0.480. The molecule has 0 saturated heterocycles. The standard InChI is InChI=1S/C32H36N4O/c33-30(31(37)34-22-25-13-5-1-6-14-25)21-29-23-36(24-35-29)32(26-15-7-2-8-16-26,27-17-9-3-10-18-27)28-19-11-4-12-20-28/h2-4,7-12,15-20,23-25,30H,1,5-6,13-14,21-22,33H2,(H,34,37)/t30-/m0/s1. The summed E-state index contributed by atoms with van der Waals surface area (Å²) >= 11 is 0. The first kappa shape index (κ1) is 25.0. The van der Waals surface area contributed by atoms with Crippen molar-refractivity contribution in [3.05, 3.63) is 126 Å². The van der Waals surface area contributed by atoms with Crippen molar-refractivity contribution in [3.8, 4) is 0 Å². The molecule has 4 aromatic rings. The average molecular weight is 493 g/mol. The highest BCUT2D eigenvalue weighted by Crippen LogP contribution is 2.40. The maximum Gasteiger partial charge on any atom is 0.237 e. The predicted molar refractivity (Wildman–Crippen MR) is 148 cm³/mol. The SMILES string of the molecule is N[C@@H](Cc1cn(C(c2ccccc2)(c2ccccc2)c2ccccc2)cn1)C(=O)NCC1CCCCC1.